The number of hydrogen-bond donors (Lipinski definition) is 2. The topological polar surface area (TPSA) is 62.1 Å². The minimum atomic E-state index is -0.318. The van der Waals surface area contributed by atoms with E-state index in [-0.39, 0.29) is 12.3 Å². The third kappa shape index (κ3) is 4.23. The molecule has 0 unspecified atom stereocenters. The molecule has 0 fully saturated rings. The van der Waals surface area contributed by atoms with Crippen molar-refractivity contribution in [2.75, 3.05) is 13.1 Å². The van der Waals surface area contributed by atoms with E-state index in [1.807, 2.05) is 18.2 Å². The van der Waals surface area contributed by atoms with Crippen LogP contribution in [0, 0.1) is 0 Å². The van der Waals surface area contributed by atoms with Crippen LogP contribution < -0.4 is 5.73 Å². The second-order valence-electron chi connectivity index (χ2n) is 8.47. The largest absolute Gasteiger partial charge is 0.369 e. The van der Waals surface area contributed by atoms with Crippen LogP contribution in [-0.4, -0.2) is 28.9 Å². The molecule has 3 aromatic carbocycles. The lowest BCUT2D eigenvalue weighted by molar-refractivity contribution is -0.117. The summed E-state index contributed by atoms with van der Waals surface area (Å²) in [4.78, 5) is 17.6. The molecule has 0 atom stereocenters. The van der Waals surface area contributed by atoms with E-state index in [1.165, 1.54) is 16.7 Å². The number of benzene rings is 3. The molecule has 1 aromatic heterocycles. The monoisotopic (exact) mass is 421 g/mol. The maximum absolute atomic E-state index is 11.7. The van der Waals surface area contributed by atoms with E-state index in [4.69, 9.17) is 5.73 Å². The van der Waals surface area contributed by atoms with Gasteiger partial charge in [-0.05, 0) is 46.4 Å². The number of nitrogens with zero attached hydrogens (tertiary/aromatic N) is 1. The van der Waals surface area contributed by atoms with Gasteiger partial charge in [-0.15, -0.1) is 0 Å². The Morgan fingerprint density at radius 1 is 0.969 bits per heavy atom. The quantitative estimate of drug-likeness (QED) is 0.452. The molecule has 1 aliphatic heterocycles. The molecule has 5 rings (SSSR count). The van der Waals surface area contributed by atoms with Crippen LogP contribution >= 0.6 is 0 Å². The average molecular weight is 422 g/mol. The number of hydrogen-bond acceptors (Lipinski definition) is 2. The van der Waals surface area contributed by atoms with E-state index in [1.54, 1.807) is 0 Å². The highest BCUT2D eigenvalue weighted by Crippen LogP contribution is 2.34. The van der Waals surface area contributed by atoms with Crippen molar-refractivity contribution in [3.8, 4) is 11.1 Å². The van der Waals surface area contributed by atoms with Gasteiger partial charge in [-0.1, -0.05) is 66.7 Å². The van der Waals surface area contributed by atoms with Gasteiger partial charge < -0.3 is 10.7 Å². The van der Waals surface area contributed by atoms with Crippen molar-refractivity contribution in [3.63, 3.8) is 0 Å². The third-order valence-electron chi connectivity index (χ3n) is 6.23. The van der Waals surface area contributed by atoms with Gasteiger partial charge >= 0.3 is 0 Å². The normalized spacial score (nSPS) is 14.4. The Balaban J connectivity index is 1.48. The third-order valence-corrected chi connectivity index (χ3v) is 6.23. The van der Waals surface area contributed by atoms with Crippen molar-refractivity contribution in [1.82, 2.24) is 9.88 Å². The van der Waals surface area contributed by atoms with Crippen LogP contribution in [0.25, 0.3) is 27.6 Å². The van der Waals surface area contributed by atoms with Gasteiger partial charge in [0.2, 0.25) is 5.91 Å². The van der Waals surface area contributed by atoms with Gasteiger partial charge in [0.05, 0.1) is 6.42 Å². The minimum Gasteiger partial charge on any atom is -0.369 e. The number of H-pyrrole nitrogens is 1. The van der Waals surface area contributed by atoms with E-state index in [0.717, 1.165) is 53.6 Å². The lowest BCUT2D eigenvalue weighted by Gasteiger charge is -2.26. The maximum Gasteiger partial charge on any atom is 0.221 e. The molecule has 160 valence electrons. The molecule has 0 saturated heterocycles. The Kier molecular flexibility index (Phi) is 5.61. The first-order valence-electron chi connectivity index (χ1n) is 11.1. The summed E-state index contributed by atoms with van der Waals surface area (Å²) in [5.41, 5.74) is 13.7. The van der Waals surface area contributed by atoms with Crippen LogP contribution in [0.2, 0.25) is 0 Å². The summed E-state index contributed by atoms with van der Waals surface area (Å²) in [6.07, 6.45) is 5.65. The number of nitrogens with one attached hydrogen (secondary N) is 1. The molecule has 0 radical (unpaired) electrons. The van der Waals surface area contributed by atoms with Crippen LogP contribution in [0.4, 0.5) is 0 Å². The van der Waals surface area contributed by atoms with Crippen molar-refractivity contribution in [2.45, 2.75) is 19.4 Å². The fourth-order valence-corrected chi connectivity index (χ4v) is 4.64. The number of aromatic amines is 1. The van der Waals surface area contributed by atoms with E-state index >= 15 is 0 Å². The molecule has 0 spiro atoms. The highest BCUT2D eigenvalue weighted by molar-refractivity contribution is 5.98. The summed E-state index contributed by atoms with van der Waals surface area (Å²) in [7, 11) is 0. The van der Waals surface area contributed by atoms with Crippen LogP contribution in [-0.2, 0) is 17.8 Å². The molecule has 1 aliphatic rings. The molecule has 4 heteroatoms. The number of rotatable bonds is 6. The second kappa shape index (κ2) is 8.85. The van der Waals surface area contributed by atoms with E-state index < -0.39 is 0 Å². The Bertz CT molecular complexity index is 1270. The van der Waals surface area contributed by atoms with Crippen LogP contribution in [0.15, 0.2) is 85.1 Å². The first-order chi connectivity index (χ1) is 15.7. The zero-order chi connectivity index (χ0) is 21.9. The summed E-state index contributed by atoms with van der Waals surface area (Å²) in [6.45, 7) is 2.93. The number of nitrogens with two attached hydrogens (primary N) is 1. The molecule has 1 amide bonds. The number of fused-ring (bicyclic) bond motifs is 1. The fourth-order valence-electron chi connectivity index (χ4n) is 4.64. The lowest BCUT2D eigenvalue weighted by atomic mass is 9.94. The summed E-state index contributed by atoms with van der Waals surface area (Å²) in [5.74, 6) is -0.318. The first kappa shape index (κ1) is 20.3. The van der Waals surface area contributed by atoms with E-state index in [0.29, 0.717) is 0 Å². The Labute approximate surface area is 188 Å². The molecule has 0 aliphatic carbocycles. The molecule has 4 aromatic rings. The van der Waals surface area contributed by atoms with Crippen LogP contribution in [0.1, 0.15) is 23.1 Å². The Morgan fingerprint density at radius 3 is 2.41 bits per heavy atom. The summed E-state index contributed by atoms with van der Waals surface area (Å²) in [5, 5.41) is 1.16. The molecule has 2 heterocycles. The van der Waals surface area contributed by atoms with Crippen LogP contribution in [0.5, 0.6) is 0 Å². The maximum atomic E-state index is 11.7. The van der Waals surface area contributed by atoms with Gasteiger partial charge in [-0.25, -0.2) is 0 Å². The van der Waals surface area contributed by atoms with Gasteiger partial charge in [0.25, 0.3) is 0 Å². The highest BCUT2D eigenvalue weighted by Gasteiger charge is 2.18. The molecule has 0 saturated carbocycles. The van der Waals surface area contributed by atoms with Gasteiger partial charge in [0.1, 0.15) is 0 Å². The Hall–Kier alpha value is -3.63. The smallest absolute Gasteiger partial charge is 0.221 e. The van der Waals surface area contributed by atoms with Crippen molar-refractivity contribution >= 4 is 22.4 Å². The van der Waals surface area contributed by atoms with Crippen molar-refractivity contribution < 1.29 is 4.79 Å². The SMILES string of the molecule is NC(=O)Cc1cc(-c2ccccc2)cc2c(C3=CCN(Cc4ccccc4)CC3)c[nH]c12. The number of carbonyl (C=O) groups excluding carboxylic acids is 1. The van der Waals surface area contributed by atoms with Crippen molar-refractivity contribution in [3.05, 3.63) is 102 Å². The zero-order valence-corrected chi connectivity index (χ0v) is 18.1. The van der Waals surface area contributed by atoms with E-state index in [9.17, 15) is 4.79 Å². The molecular formula is C28H27N3O. The lowest BCUT2D eigenvalue weighted by Crippen LogP contribution is -2.27. The second-order valence-corrected chi connectivity index (χ2v) is 8.47. The number of amides is 1. The van der Waals surface area contributed by atoms with Gasteiger partial charge in [-0.3, -0.25) is 9.69 Å². The predicted molar refractivity (Wildman–Crippen MR) is 131 cm³/mol. The molecule has 3 N–H and O–H groups in total. The first-order valence-corrected chi connectivity index (χ1v) is 11.1. The molecule has 32 heavy (non-hydrogen) atoms. The highest BCUT2D eigenvalue weighted by atomic mass is 16.1. The van der Waals surface area contributed by atoms with Crippen molar-refractivity contribution in [1.29, 1.82) is 0 Å². The summed E-state index contributed by atoms with van der Waals surface area (Å²) in [6, 6.07) is 25.2. The van der Waals surface area contributed by atoms with Crippen molar-refractivity contribution in [2.24, 2.45) is 5.73 Å². The van der Waals surface area contributed by atoms with Gasteiger partial charge in [-0.2, -0.15) is 0 Å². The standard InChI is InChI=1S/C28H27N3O/c29-27(32)17-24-15-23(21-9-5-2-6-10-21)16-25-26(18-30-28(24)25)22-11-13-31(14-12-22)19-20-7-3-1-4-8-20/h1-11,15-16,18,30H,12-14,17,19H2,(H2,29,32). The number of carbonyl (C=O) groups is 1. The fraction of sp³-hybridized carbons (Fsp3) is 0.179. The zero-order valence-electron chi connectivity index (χ0n) is 18.1. The molecule has 4 nitrogen and oxygen atoms in total. The van der Waals surface area contributed by atoms with Gasteiger partial charge in [0, 0.05) is 42.3 Å². The summed E-state index contributed by atoms with van der Waals surface area (Å²) < 4.78 is 0. The number of aromatic nitrogens is 1. The number of primary amides is 1. The molecule has 0 bridgehead atoms. The van der Waals surface area contributed by atoms with E-state index in [2.05, 4.69) is 76.8 Å². The minimum absolute atomic E-state index is 0.223. The van der Waals surface area contributed by atoms with Gasteiger partial charge in [0.15, 0.2) is 0 Å². The Morgan fingerprint density at radius 2 is 1.72 bits per heavy atom. The predicted octanol–water partition coefficient (Wildman–Crippen LogP) is 5.15. The average Bonchev–Trinajstić information content (AvgIpc) is 3.25. The summed E-state index contributed by atoms with van der Waals surface area (Å²) >= 11 is 0. The molecular weight excluding hydrogens is 394 g/mol. The van der Waals surface area contributed by atoms with Crippen LogP contribution in [0.3, 0.4) is 0 Å².